The lowest BCUT2D eigenvalue weighted by molar-refractivity contribution is -0.0158. The number of nitrogens with zero attached hydrogens (tertiary/aromatic N) is 1. The molecule has 2 atom stereocenters. The molecule has 1 aliphatic carbocycles. The lowest BCUT2D eigenvalue weighted by atomic mass is 9.85. The number of nitriles is 1. The molecule has 1 saturated carbocycles. The number of para-hydroxylation sites is 1. The van der Waals surface area contributed by atoms with Crippen LogP contribution < -0.4 is 4.74 Å². The van der Waals surface area contributed by atoms with Crippen LogP contribution in [-0.4, -0.2) is 19.3 Å². The number of ether oxygens (including phenoxy) is 2. The average Bonchev–Trinajstić information content (AvgIpc) is 2.55. The lowest BCUT2D eigenvalue weighted by Crippen LogP contribution is -2.27. The van der Waals surface area contributed by atoms with Gasteiger partial charge in [-0.3, -0.25) is 0 Å². The van der Waals surface area contributed by atoms with Crippen LogP contribution in [0.5, 0.6) is 5.75 Å². The summed E-state index contributed by atoms with van der Waals surface area (Å²) >= 11 is 0. The summed E-state index contributed by atoms with van der Waals surface area (Å²) in [5.41, 5.74) is 0.594. The minimum atomic E-state index is 0.440. The van der Waals surface area contributed by atoms with Gasteiger partial charge in [0.2, 0.25) is 0 Å². The first kappa shape index (κ1) is 15.9. The molecule has 0 heterocycles. The van der Waals surface area contributed by atoms with Crippen molar-refractivity contribution in [1.29, 1.82) is 5.26 Å². The predicted octanol–water partition coefficient (Wildman–Crippen LogP) is 4.31. The molecule has 0 amide bonds. The number of hydrogen-bond acceptors (Lipinski definition) is 3. The van der Waals surface area contributed by atoms with Crippen molar-refractivity contribution in [2.45, 2.75) is 51.6 Å². The van der Waals surface area contributed by atoms with Gasteiger partial charge in [0, 0.05) is 6.42 Å². The molecule has 1 aromatic carbocycles. The lowest BCUT2D eigenvalue weighted by Gasteiger charge is -2.30. The molecule has 0 aliphatic heterocycles. The van der Waals surface area contributed by atoms with Gasteiger partial charge < -0.3 is 9.47 Å². The summed E-state index contributed by atoms with van der Waals surface area (Å²) in [4.78, 5) is 0. The quantitative estimate of drug-likeness (QED) is 0.702. The zero-order valence-corrected chi connectivity index (χ0v) is 12.9. The Balaban J connectivity index is 1.67. The normalized spacial score (nSPS) is 21.7. The molecule has 1 aromatic rings. The molecule has 3 heteroatoms. The molecule has 0 saturated heterocycles. The van der Waals surface area contributed by atoms with Crippen LogP contribution in [0.3, 0.4) is 0 Å². The van der Waals surface area contributed by atoms with Crippen LogP contribution in [0.2, 0.25) is 0 Å². The van der Waals surface area contributed by atoms with E-state index in [2.05, 4.69) is 13.0 Å². The van der Waals surface area contributed by atoms with Crippen molar-refractivity contribution in [2.75, 3.05) is 13.2 Å². The highest BCUT2D eigenvalue weighted by Gasteiger charge is 2.23. The van der Waals surface area contributed by atoms with E-state index in [1.807, 2.05) is 18.2 Å². The summed E-state index contributed by atoms with van der Waals surface area (Å²) in [6.45, 7) is 3.60. The van der Waals surface area contributed by atoms with E-state index >= 15 is 0 Å². The van der Waals surface area contributed by atoms with Gasteiger partial charge in [0.1, 0.15) is 11.8 Å². The van der Waals surface area contributed by atoms with Crippen molar-refractivity contribution in [2.24, 2.45) is 5.92 Å². The Morgan fingerprint density at radius 1 is 1.19 bits per heavy atom. The monoisotopic (exact) mass is 287 g/mol. The van der Waals surface area contributed by atoms with Gasteiger partial charge in [-0.05, 0) is 30.9 Å². The zero-order valence-electron chi connectivity index (χ0n) is 12.9. The standard InChI is InChI=1S/C18H25NO2/c1-2-15-8-3-5-10-17(15)20-12-7-13-21-18-11-6-4-9-16(18)14-19/h4,6,9,11,15,17H,2-3,5,7-8,10,12-13H2,1H3. The first-order valence-corrected chi connectivity index (χ1v) is 8.08. The number of hydrogen-bond donors (Lipinski definition) is 0. The molecular formula is C18H25NO2. The molecule has 1 fully saturated rings. The fourth-order valence-electron chi connectivity index (χ4n) is 3.02. The van der Waals surface area contributed by atoms with Gasteiger partial charge in [0.05, 0.1) is 24.9 Å². The van der Waals surface area contributed by atoms with Crippen molar-refractivity contribution in [1.82, 2.24) is 0 Å². The van der Waals surface area contributed by atoms with Crippen LogP contribution in [0.1, 0.15) is 51.0 Å². The second-order valence-corrected chi connectivity index (χ2v) is 5.67. The zero-order chi connectivity index (χ0) is 14.9. The molecule has 0 bridgehead atoms. The minimum absolute atomic E-state index is 0.440. The van der Waals surface area contributed by atoms with Gasteiger partial charge in [-0.25, -0.2) is 0 Å². The number of rotatable bonds is 7. The van der Waals surface area contributed by atoms with Crippen LogP contribution in [0.15, 0.2) is 24.3 Å². The Labute approximate surface area is 127 Å². The summed E-state index contributed by atoms with van der Waals surface area (Å²) < 4.78 is 11.7. The SMILES string of the molecule is CCC1CCCCC1OCCCOc1ccccc1C#N. The second kappa shape index (κ2) is 8.69. The summed E-state index contributed by atoms with van der Waals surface area (Å²) in [6.07, 6.45) is 7.70. The topological polar surface area (TPSA) is 42.2 Å². The van der Waals surface area contributed by atoms with Gasteiger partial charge >= 0.3 is 0 Å². The highest BCUT2D eigenvalue weighted by atomic mass is 16.5. The highest BCUT2D eigenvalue weighted by Crippen LogP contribution is 2.29. The van der Waals surface area contributed by atoms with E-state index in [4.69, 9.17) is 14.7 Å². The summed E-state index contributed by atoms with van der Waals surface area (Å²) in [7, 11) is 0. The van der Waals surface area contributed by atoms with E-state index < -0.39 is 0 Å². The fourth-order valence-corrected chi connectivity index (χ4v) is 3.02. The minimum Gasteiger partial charge on any atom is -0.492 e. The van der Waals surface area contributed by atoms with Crippen molar-refractivity contribution in [3.05, 3.63) is 29.8 Å². The summed E-state index contributed by atoms with van der Waals surface area (Å²) in [5.74, 6) is 1.41. The van der Waals surface area contributed by atoms with Crippen LogP contribution in [0, 0.1) is 17.2 Å². The first-order chi connectivity index (χ1) is 10.3. The van der Waals surface area contributed by atoms with E-state index in [-0.39, 0.29) is 0 Å². The third-order valence-electron chi connectivity index (χ3n) is 4.25. The van der Waals surface area contributed by atoms with Gasteiger partial charge in [0.25, 0.3) is 0 Å². The van der Waals surface area contributed by atoms with Crippen LogP contribution in [-0.2, 0) is 4.74 Å². The van der Waals surface area contributed by atoms with Crippen molar-refractivity contribution >= 4 is 0 Å². The molecule has 21 heavy (non-hydrogen) atoms. The van der Waals surface area contributed by atoms with Crippen molar-refractivity contribution in [3.8, 4) is 11.8 Å². The van der Waals surface area contributed by atoms with Crippen molar-refractivity contribution in [3.63, 3.8) is 0 Å². The average molecular weight is 287 g/mol. The van der Waals surface area contributed by atoms with Crippen LogP contribution >= 0.6 is 0 Å². The summed E-state index contributed by atoms with van der Waals surface area (Å²) in [6, 6.07) is 9.50. The number of benzene rings is 1. The van der Waals surface area contributed by atoms with E-state index in [1.165, 1.54) is 32.1 Å². The van der Waals surface area contributed by atoms with E-state index in [0.717, 1.165) is 18.9 Å². The fraction of sp³-hybridized carbons (Fsp3) is 0.611. The largest absolute Gasteiger partial charge is 0.492 e. The Morgan fingerprint density at radius 3 is 2.81 bits per heavy atom. The maximum absolute atomic E-state index is 8.99. The third-order valence-corrected chi connectivity index (χ3v) is 4.25. The second-order valence-electron chi connectivity index (χ2n) is 5.67. The predicted molar refractivity (Wildman–Crippen MR) is 83.3 cm³/mol. The van der Waals surface area contributed by atoms with Gasteiger partial charge in [-0.1, -0.05) is 38.3 Å². The van der Waals surface area contributed by atoms with Gasteiger partial charge in [0.15, 0.2) is 0 Å². The molecule has 0 radical (unpaired) electrons. The first-order valence-electron chi connectivity index (χ1n) is 8.08. The Bertz CT molecular complexity index is 467. The maximum atomic E-state index is 8.99. The maximum Gasteiger partial charge on any atom is 0.137 e. The Morgan fingerprint density at radius 2 is 2.00 bits per heavy atom. The molecule has 3 nitrogen and oxygen atoms in total. The molecule has 2 unspecified atom stereocenters. The van der Waals surface area contributed by atoms with Crippen LogP contribution in [0.25, 0.3) is 0 Å². The van der Waals surface area contributed by atoms with E-state index in [9.17, 15) is 0 Å². The molecule has 114 valence electrons. The van der Waals surface area contributed by atoms with Gasteiger partial charge in [-0.15, -0.1) is 0 Å². The van der Waals surface area contributed by atoms with Crippen molar-refractivity contribution < 1.29 is 9.47 Å². The molecule has 2 rings (SSSR count). The highest BCUT2D eigenvalue weighted by molar-refractivity contribution is 5.42. The smallest absolute Gasteiger partial charge is 0.137 e. The molecule has 1 aliphatic rings. The van der Waals surface area contributed by atoms with Crippen LogP contribution in [0.4, 0.5) is 0 Å². The van der Waals surface area contributed by atoms with E-state index in [0.29, 0.717) is 24.0 Å². The molecular weight excluding hydrogens is 262 g/mol. The Kier molecular flexibility index (Phi) is 6.56. The Hall–Kier alpha value is -1.53. The molecule has 0 N–H and O–H groups in total. The molecule has 0 aromatic heterocycles. The summed E-state index contributed by atoms with van der Waals surface area (Å²) in [5, 5.41) is 8.99. The third kappa shape index (κ3) is 4.75. The van der Waals surface area contributed by atoms with Gasteiger partial charge in [-0.2, -0.15) is 5.26 Å². The molecule has 0 spiro atoms. The van der Waals surface area contributed by atoms with E-state index in [1.54, 1.807) is 6.07 Å².